The summed E-state index contributed by atoms with van der Waals surface area (Å²) in [4.78, 5) is 0. The van der Waals surface area contributed by atoms with Gasteiger partial charge in [-0.1, -0.05) is 33.6 Å². The van der Waals surface area contributed by atoms with Gasteiger partial charge in [0.15, 0.2) is 0 Å². The Kier molecular flexibility index (Phi) is 4.25. The molecule has 1 unspecified atom stereocenters. The van der Waals surface area contributed by atoms with Gasteiger partial charge in [-0.2, -0.15) is 0 Å². The van der Waals surface area contributed by atoms with Gasteiger partial charge in [0.05, 0.1) is 5.54 Å². The van der Waals surface area contributed by atoms with Crippen molar-refractivity contribution < 1.29 is 0 Å². The van der Waals surface area contributed by atoms with Crippen molar-refractivity contribution in [1.29, 1.82) is 0 Å². The third-order valence-electron chi connectivity index (χ3n) is 4.21. The molecular formula is C17H18BrClN2. The maximum absolute atomic E-state index is 6.11. The second-order valence-electron chi connectivity index (χ2n) is 5.71. The van der Waals surface area contributed by atoms with Crippen molar-refractivity contribution in [2.45, 2.75) is 24.8 Å². The van der Waals surface area contributed by atoms with Gasteiger partial charge < -0.3 is 11.1 Å². The molecule has 3 N–H and O–H groups in total. The lowest BCUT2D eigenvalue weighted by Crippen LogP contribution is -2.49. The minimum absolute atomic E-state index is 0.0747. The molecular weight excluding hydrogens is 348 g/mol. The van der Waals surface area contributed by atoms with Gasteiger partial charge in [0.1, 0.15) is 0 Å². The summed E-state index contributed by atoms with van der Waals surface area (Å²) in [5.74, 6) is 0. The quantitative estimate of drug-likeness (QED) is 0.846. The average Bonchev–Trinajstić information content (AvgIpc) is 2.50. The van der Waals surface area contributed by atoms with E-state index >= 15 is 0 Å². The molecule has 0 saturated heterocycles. The van der Waals surface area contributed by atoms with Gasteiger partial charge in [0, 0.05) is 21.7 Å². The molecule has 21 heavy (non-hydrogen) atoms. The summed E-state index contributed by atoms with van der Waals surface area (Å²) >= 11 is 9.49. The van der Waals surface area contributed by atoms with Crippen molar-refractivity contribution in [1.82, 2.24) is 0 Å². The molecule has 0 spiro atoms. The van der Waals surface area contributed by atoms with Gasteiger partial charge in [-0.3, -0.25) is 0 Å². The summed E-state index contributed by atoms with van der Waals surface area (Å²) in [6.07, 6.45) is 3.04. The minimum Gasteiger partial charge on any atom is -0.378 e. The molecule has 2 aromatic rings. The zero-order chi connectivity index (χ0) is 14.9. The van der Waals surface area contributed by atoms with Gasteiger partial charge >= 0.3 is 0 Å². The molecule has 0 aliphatic heterocycles. The van der Waals surface area contributed by atoms with Crippen LogP contribution in [0.25, 0.3) is 0 Å². The molecule has 0 heterocycles. The Labute approximate surface area is 138 Å². The Bertz CT molecular complexity index is 642. The van der Waals surface area contributed by atoms with Crippen LogP contribution in [0.4, 0.5) is 5.69 Å². The number of fused-ring (bicyclic) bond motifs is 1. The number of anilines is 1. The molecule has 2 nitrogen and oxygen atoms in total. The normalized spacial score (nSPS) is 20.9. The first kappa shape index (κ1) is 14.9. The topological polar surface area (TPSA) is 38.0 Å². The highest BCUT2D eigenvalue weighted by atomic mass is 79.9. The molecule has 0 amide bonds. The second-order valence-corrected chi connectivity index (χ2v) is 7.06. The molecule has 1 aliphatic carbocycles. The van der Waals surface area contributed by atoms with Crippen LogP contribution in [0.5, 0.6) is 0 Å². The van der Waals surface area contributed by atoms with E-state index in [1.807, 2.05) is 24.3 Å². The molecule has 1 aliphatic rings. The summed E-state index contributed by atoms with van der Waals surface area (Å²) < 4.78 is 1.15. The highest BCUT2D eigenvalue weighted by Crippen LogP contribution is 2.32. The van der Waals surface area contributed by atoms with Crippen molar-refractivity contribution in [2.75, 3.05) is 11.9 Å². The minimum atomic E-state index is -0.0747. The van der Waals surface area contributed by atoms with Crippen LogP contribution < -0.4 is 11.1 Å². The predicted molar refractivity (Wildman–Crippen MR) is 93.0 cm³/mol. The van der Waals surface area contributed by atoms with E-state index in [0.29, 0.717) is 6.54 Å². The lowest BCUT2D eigenvalue weighted by Gasteiger charge is -2.39. The van der Waals surface area contributed by atoms with Crippen LogP contribution in [0.3, 0.4) is 0 Å². The predicted octanol–water partition coefficient (Wildman–Crippen LogP) is 4.40. The molecule has 1 atom stereocenters. The average molecular weight is 366 g/mol. The van der Waals surface area contributed by atoms with E-state index in [2.05, 4.69) is 39.4 Å². The number of hydrogen-bond donors (Lipinski definition) is 2. The van der Waals surface area contributed by atoms with Gasteiger partial charge in [-0.15, -0.1) is 0 Å². The van der Waals surface area contributed by atoms with Crippen LogP contribution in [0.15, 0.2) is 46.9 Å². The molecule has 0 radical (unpaired) electrons. The third-order valence-corrected chi connectivity index (χ3v) is 4.96. The molecule has 2 aromatic carbocycles. The van der Waals surface area contributed by atoms with E-state index in [0.717, 1.165) is 34.4 Å². The van der Waals surface area contributed by atoms with Crippen LogP contribution in [0.1, 0.15) is 17.5 Å². The largest absolute Gasteiger partial charge is 0.378 e. The first-order valence-corrected chi connectivity index (χ1v) is 8.28. The van der Waals surface area contributed by atoms with E-state index in [1.54, 1.807) is 0 Å². The number of nitrogens with one attached hydrogen (secondary N) is 1. The Balaban J connectivity index is 1.85. The van der Waals surface area contributed by atoms with E-state index in [1.165, 1.54) is 11.1 Å². The first-order valence-electron chi connectivity index (χ1n) is 7.11. The van der Waals surface area contributed by atoms with Crippen LogP contribution >= 0.6 is 27.5 Å². The highest BCUT2D eigenvalue weighted by Gasteiger charge is 2.33. The van der Waals surface area contributed by atoms with Crippen LogP contribution in [-0.2, 0) is 12.8 Å². The summed E-state index contributed by atoms with van der Waals surface area (Å²) in [5, 5.41) is 4.38. The number of aryl methyl sites for hydroxylation is 1. The van der Waals surface area contributed by atoms with Crippen LogP contribution in [-0.4, -0.2) is 12.1 Å². The van der Waals surface area contributed by atoms with Crippen molar-refractivity contribution >= 4 is 33.2 Å². The van der Waals surface area contributed by atoms with Crippen LogP contribution in [0.2, 0.25) is 5.02 Å². The highest BCUT2D eigenvalue weighted by molar-refractivity contribution is 9.10. The SMILES string of the molecule is NCC1(Nc2ccc(Cl)cc2)CCc2cc(Br)ccc2C1. The third kappa shape index (κ3) is 3.25. The number of rotatable bonds is 3. The van der Waals surface area contributed by atoms with Crippen molar-refractivity contribution in [3.63, 3.8) is 0 Å². The molecule has 0 saturated carbocycles. The van der Waals surface area contributed by atoms with E-state index in [9.17, 15) is 0 Å². The van der Waals surface area contributed by atoms with Gasteiger partial charge in [-0.25, -0.2) is 0 Å². The van der Waals surface area contributed by atoms with Gasteiger partial charge in [0.25, 0.3) is 0 Å². The Morgan fingerprint density at radius 1 is 1.14 bits per heavy atom. The van der Waals surface area contributed by atoms with Crippen molar-refractivity contribution in [3.8, 4) is 0 Å². The van der Waals surface area contributed by atoms with Gasteiger partial charge in [0.2, 0.25) is 0 Å². The van der Waals surface area contributed by atoms with Crippen LogP contribution in [0, 0.1) is 0 Å². The summed E-state index contributed by atoms with van der Waals surface area (Å²) in [6, 6.07) is 14.4. The lowest BCUT2D eigenvalue weighted by molar-refractivity contribution is 0.417. The monoisotopic (exact) mass is 364 g/mol. The Morgan fingerprint density at radius 3 is 2.62 bits per heavy atom. The summed E-state index contributed by atoms with van der Waals surface area (Å²) in [6.45, 7) is 0.616. The molecule has 0 aromatic heterocycles. The molecule has 3 rings (SSSR count). The second kappa shape index (κ2) is 5.99. The number of hydrogen-bond acceptors (Lipinski definition) is 2. The van der Waals surface area contributed by atoms with Crippen molar-refractivity contribution in [3.05, 3.63) is 63.1 Å². The first-order chi connectivity index (χ1) is 10.1. The fourth-order valence-electron chi connectivity index (χ4n) is 3.00. The fourth-order valence-corrected chi connectivity index (χ4v) is 3.53. The fraction of sp³-hybridized carbons (Fsp3) is 0.294. The van der Waals surface area contributed by atoms with E-state index in [4.69, 9.17) is 17.3 Å². The summed E-state index contributed by atoms with van der Waals surface area (Å²) in [5.41, 5.74) is 9.91. The molecule has 4 heteroatoms. The zero-order valence-electron chi connectivity index (χ0n) is 11.7. The standard InChI is InChI=1S/C17H18BrClN2/c18-14-2-1-13-10-17(11-20,8-7-12(13)9-14)21-16-5-3-15(19)4-6-16/h1-6,9,21H,7-8,10-11,20H2. The summed E-state index contributed by atoms with van der Waals surface area (Å²) in [7, 11) is 0. The van der Waals surface area contributed by atoms with E-state index in [-0.39, 0.29) is 5.54 Å². The maximum atomic E-state index is 6.11. The molecule has 0 fully saturated rings. The number of benzene rings is 2. The maximum Gasteiger partial charge on any atom is 0.0539 e. The Morgan fingerprint density at radius 2 is 1.90 bits per heavy atom. The van der Waals surface area contributed by atoms with Crippen molar-refractivity contribution in [2.24, 2.45) is 5.73 Å². The number of nitrogens with two attached hydrogens (primary N) is 1. The van der Waals surface area contributed by atoms with E-state index < -0.39 is 0 Å². The Hall–Kier alpha value is -1.03. The molecule has 110 valence electrons. The zero-order valence-corrected chi connectivity index (χ0v) is 14.0. The smallest absolute Gasteiger partial charge is 0.0539 e. The van der Waals surface area contributed by atoms with Gasteiger partial charge in [-0.05, 0) is 66.8 Å². The lowest BCUT2D eigenvalue weighted by atomic mass is 9.77. The molecule has 0 bridgehead atoms. The number of halogens is 2.